The van der Waals surface area contributed by atoms with E-state index in [0.717, 1.165) is 11.1 Å². The molecule has 7 nitrogen and oxygen atoms in total. The Morgan fingerprint density at radius 2 is 1.77 bits per heavy atom. The van der Waals surface area contributed by atoms with Crippen molar-refractivity contribution in [1.29, 1.82) is 5.26 Å². The molecule has 0 aliphatic carbocycles. The fraction of sp³-hybridized carbons (Fsp3) is 0.214. The highest BCUT2D eigenvalue weighted by Crippen LogP contribution is 2.24. The Morgan fingerprint density at radius 1 is 1.03 bits per heavy atom. The van der Waals surface area contributed by atoms with E-state index in [4.69, 9.17) is 5.26 Å². The predicted molar refractivity (Wildman–Crippen MR) is 134 cm³/mol. The van der Waals surface area contributed by atoms with Crippen LogP contribution in [0.4, 0.5) is 0 Å². The van der Waals surface area contributed by atoms with Crippen molar-refractivity contribution < 1.29 is 9.59 Å². The van der Waals surface area contributed by atoms with Gasteiger partial charge in [0.1, 0.15) is 0 Å². The second-order valence-corrected chi connectivity index (χ2v) is 8.42. The van der Waals surface area contributed by atoms with Crippen LogP contribution >= 0.6 is 0 Å². The lowest BCUT2D eigenvalue weighted by Crippen LogP contribution is -2.31. The number of nitrogens with one attached hydrogen (secondary N) is 2. The number of carbonyl (C=O) groups excluding carboxylic acids is 2. The van der Waals surface area contributed by atoms with Crippen molar-refractivity contribution in [1.82, 2.24) is 20.2 Å². The van der Waals surface area contributed by atoms with Crippen LogP contribution in [-0.2, 0) is 0 Å². The first-order valence-corrected chi connectivity index (χ1v) is 11.6. The van der Waals surface area contributed by atoms with Crippen molar-refractivity contribution in [3.8, 4) is 6.07 Å². The number of hydrogen-bond acceptors (Lipinski definition) is 5. The number of aromatic nitrogens is 2. The second kappa shape index (κ2) is 10.8. The zero-order chi connectivity index (χ0) is 24.8. The van der Waals surface area contributed by atoms with Crippen molar-refractivity contribution in [3.05, 3.63) is 107 Å². The zero-order valence-corrected chi connectivity index (χ0v) is 19.7. The number of nitrogens with zero attached hydrogens (tertiary/aromatic N) is 3. The van der Waals surface area contributed by atoms with Crippen molar-refractivity contribution in [2.45, 2.75) is 25.8 Å². The molecule has 2 atom stereocenters. The highest BCUT2D eigenvalue weighted by molar-refractivity contribution is 6.06. The number of Topliss-reactive ketones (excluding diaryl/α,β-unsaturated/α-hetero) is 1. The molecule has 1 amide bonds. The summed E-state index contributed by atoms with van der Waals surface area (Å²) in [5.74, 6) is -0.146. The number of amides is 1. The average molecular weight is 466 g/mol. The first-order valence-electron chi connectivity index (χ1n) is 11.6. The third-order valence-corrected chi connectivity index (χ3v) is 6.01. The van der Waals surface area contributed by atoms with E-state index in [1.165, 1.54) is 0 Å². The van der Waals surface area contributed by atoms with Crippen LogP contribution in [0.5, 0.6) is 0 Å². The van der Waals surface area contributed by atoms with Gasteiger partial charge in [0.25, 0.3) is 5.91 Å². The maximum absolute atomic E-state index is 13.7. The summed E-state index contributed by atoms with van der Waals surface area (Å²) in [6, 6.07) is 22.1. The molecule has 7 heteroatoms. The zero-order valence-electron chi connectivity index (χ0n) is 19.7. The van der Waals surface area contributed by atoms with Gasteiger partial charge in [0.15, 0.2) is 5.78 Å². The van der Waals surface area contributed by atoms with Crippen molar-refractivity contribution >= 4 is 17.2 Å². The van der Waals surface area contributed by atoms with Gasteiger partial charge in [-0.1, -0.05) is 49.4 Å². The van der Waals surface area contributed by atoms with Crippen LogP contribution in [-0.4, -0.2) is 34.4 Å². The van der Waals surface area contributed by atoms with Gasteiger partial charge in [-0.2, -0.15) is 10.4 Å². The SMILES string of the molecule is CCNC(=O)c1ccc2c(C(=O)[C@H](NC[C@@H](C)c3ccc(C#N)cc3)c3ccccc3)cnn2c1. The molecule has 35 heavy (non-hydrogen) atoms. The summed E-state index contributed by atoms with van der Waals surface area (Å²) < 4.78 is 1.57. The number of ketones is 1. The molecule has 2 N–H and O–H groups in total. The van der Waals surface area contributed by atoms with Gasteiger partial charge in [0, 0.05) is 19.3 Å². The van der Waals surface area contributed by atoms with Gasteiger partial charge in [-0.05, 0) is 48.2 Å². The predicted octanol–water partition coefficient (Wildman–Crippen LogP) is 4.27. The van der Waals surface area contributed by atoms with Crippen LogP contribution < -0.4 is 10.6 Å². The fourth-order valence-corrected chi connectivity index (χ4v) is 4.03. The van der Waals surface area contributed by atoms with Gasteiger partial charge >= 0.3 is 0 Å². The molecule has 4 aromatic rings. The van der Waals surface area contributed by atoms with Crippen molar-refractivity contribution in [3.63, 3.8) is 0 Å². The molecule has 0 bridgehead atoms. The number of fused-ring (bicyclic) bond motifs is 1. The molecule has 2 heterocycles. The summed E-state index contributed by atoms with van der Waals surface area (Å²) in [4.78, 5) is 25.9. The van der Waals surface area contributed by atoms with Crippen LogP contribution in [0, 0.1) is 11.3 Å². The molecule has 0 fully saturated rings. The van der Waals surface area contributed by atoms with E-state index in [1.54, 1.807) is 41.2 Å². The lowest BCUT2D eigenvalue weighted by molar-refractivity contribution is 0.0940. The number of rotatable bonds is 9. The Bertz CT molecular complexity index is 1370. The highest BCUT2D eigenvalue weighted by atomic mass is 16.1. The maximum atomic E-state index is 13.7. The Labute approximate surface area is 204 Å². The number of pyridine rings is 1. The molecule has 2 aromatic carbocycles. The molecule has 0 aliphatic rings. The third kappa shape index (κ3) is 5.29. The Kier molecular flexibility index (Phi) is 7.34. The quantitative estimate of drug-likeness (QED) is 0.360. The summed E-state index contributed by atoms with van der Waals surface area (Å²) in [7, 11) is 0. The van der Waals surface area contributed by atoms with Crippen molar-refractivity contribution in [2.75, 3.05) is 13.1 Å². The molecule has 0 saturated carbocycles. The Morgan fingerprint density at radius 3 is 2.46 bits per heavy atom. The minimum absolute atomic E-state index is 0.0935. The van der Waals surface area contributed by atoms with E-state index in [0.29, 0.717) is 35.3 Å². The summed E-state index contributed by atoms with van der Waals surface area (Å²) in [6.07, 6.45) is 3.19. The van der Waals surface area contributed by atoms with Crippen molar-refractivity contribution in [2.24, 2.45) is 0 Å². The molecule has 0 radical (unpaired) electrons. The third-order valence-electron chi connectivity index (χ3n) is 6.01. The highest BCUT2D eigenvalue weighted by Gasteiger charge is 2.25. The van der Waals surface area contributed by atoms with Gasteiger partial charge in [-0.3, -0.25) is 9.59 Å². The molecule has 0 spiro atoms. The number of carbonyl (C=O) groups is 2. The summed E-state index contributed by atoms with van der Waals surface area (Å²) >= 11 is 0. The summed E-state index contributed by atoms with van der Waals surface area (Å²) in [5, 5.41) is 19.6. The summed E-state index contributed by atoms with van der Waals surface area (Å²) in [5.41, 5.74) is 4.18. The lowest BCUT2D eigenvalue weighted by atomic mass is 9.95. The average Bonchev–Trinajstić information content (AvgIpc) is 3.32. The van der Waals surface area contributed by atoms with E-state index in [-0.39, 0.29) is 17.6 Å². The molecular weight excluding hydrogens is 438 g/mol. The van der Waals surface area contributed by atoms with Gasteiger partial charge < -0.3 is 10.6 Å². The van der Waals surface area contributed by atoms with Crippen LogP contribution in [0.25, 0.3) is 5.52 Å². The van der Waals surface area contributed by atoms with E-state index < -0.39 is 6.04 Å². The monoisotopic (exact) mass is 465 g/mol. The molecule has 0 unspecified atom stereocenters. The number of benzene rings is 2. The van der Waals surface area contributed by atoms with Crippen LogP contribution in [0.2, 0.25) is 0 Å². The fourth-order valence-electron chi connectivity index (χ4n) is 4.03. The maximum Gasteiger partial charge on any atom is 0.252 e. The summed E-state index contributed by atoms with van der Waals surface area (Å²) in [6.45, 7) is 5.04. The second-order valence-electron chi connectivity index (χ2n) is 8.42. The number of hydrogen-bond donors (Lipinski definition) is 2. The molecule has 176 valence electrons. The molecule has 0 saturated heterocycles. The van der Waals surface area contributed by atoms with Crippen LogP contribution in [0.1, 0.15) is 63.2 Å². The first-order chi connectivity index (χ1) is 17.0. The lowest BCUT2D eigenvalue weighted by Gasteiger charge is -2.21. The molecule has 4 rings (SSSR count). The largest absolute Gasteiger partial charge is 0.352 e. The van der Waals surface area contributed by atoms with E-state index >= 15 is 0 Å². The standard InChI is InChI=1S/C28H27N5O2/c1-3-30-28(35)23-13-14-25-24(17-32-33(25)18-23)27(34)26(22-7-5-4-6-8-22)31-16-19(2)21-11-9-20(15-29)10-12-21/h4-14,17-19,26,31H,3,16H2,1-2H3,(H,30,35)/t19-,26-/m1/s1. The van der Waals surface area contributed by atoms with Crippen LogP contribution in [0.3, 0.4) is 0 Å². The van der Waals surface area contributed by atoms with Gasteiger partial charge in [-0.25, -0.2) is 4.52 Å². The molecule has 0 aliphatic heterocycles. The van der Waals surface area contributed by atoms with Gasteiger partial charge in [0.05, 0.1) is 40.5 Å². The number of nitriles is 1. The minimum atomic E-state index is -0.562. The van der Waals surface area contributed by atoms with Gasteiger partial charge in [-0.15, -0.1) is 0 Å². The Balaban J connectivity index is 1.59. The minimum Gasteiger partial charge on any atom is -0.352 e. The van der Waals surface area contributed by atoms with Gasteiger partial charge in [0.2, 0.25) is 0 Å². The van der Waals surface area contributed by atoms with E-state index in [2.05, 4.69) is 28.7 Å². The molecule has 2 aromatic heterocycles. The Hall–Kier alpha value is -4.28. The van der Waals surface area contributed by atoms with E-state index in [9.17, 15) is 9.59 Å². The molecular formula is C28H27N5O2. The van der Waals surface area contributed by atoms with E-state index in [1.807, 2.05) is 49.4 Å². The van der Waals surface area contributed by atoms with Crippen LogP contribution in [0.15, 0.2) is 79.1 Å². The normalized spacial score (nSPS) is 12.6. The topological polar surface area (TPSA) is 99.3 Å². The first kappa shape index (κ1) is 23.9. The smallest absolute Gasteiger partial charge is 0.252 e.